The minimum Gasteiger partial charge on any atom is -0.392 e. The van der Waals surface area contributed by atoms with E-state index in [4.69, 9.17) is 0 Å². The Morgan fingerprint density at radius 3 is 2.35 bits per heavy atom. The summed E-state index contributed by atoms with van der Waals surface area (Å²) >= 11 is 0. The fourth-order valence-electron chi connectivity index (χ4n) is 5.96. The number of pyridine rings is 1. The Labute approximate surface area is 249 Å². The van der Waals surface area contributed by atoms with Crippen molar-refractivity contribution in [2.45, 2.75) is 52.7 Å². The number of imidazole rings is 1. The molecule has 2 aromatic carbocycles. The number of fused-ring (bicyclic) bond motifs is 1. The first-order valence-electron chi connectivity index (χ1n) is 14.7. The van der Waals surface area contributed by atoms with Crippen LogP contribution in [0.1, 0.15) is 49.7 Å². The average Bonchev–Trinajstić information content (AvgIpc) is 3.36. The number of aryl methyl sites for hydroxylation is 1. The zero-order valence-electron chi connectivity index (χ0n) is 24.6. The quantitative estimate of drug-likeness (QED) is 0.209. The number of rotatable bonds is 8. The van der Waals surface area contributed by atoms with Crippen LogP contribution < -0.4 is 10.2 Å². The molecule has 10 heteroatoms. The van der Waals surface area contributed by atoms with Crippen molar-refractivity contribution in [2.75, 3.05) is 23.3 Å². The number of aliphatic hydroxyl groups excluding tert-OH is 1. The smallest absolute Gasteiger partial charge is 0.229 e. The second-order valence-electron chi connectivity index (χ2n) is 11.5. The zero-order valence-corrected chi connectivity index (χ0v) is 24.6. The van der Waals surface area contributed by atoms with Crippen LogP contribution in [0.25, 0.3) is 22.3 Å². The lowest BCUT2D eigenvalue weighted by atomic mass is 9.90. The highest BCUT2D eigenvalue weighted by molar-refractivity contribution is 5.83. The highest BCUT2D eigenvalue weighted by Crippen LogP contribution is 2.31. The maximum Gasteiger partial charge on any atom is 0.229 e. The number of hydrogen-bond acceptors (Lipinski definition) is 7. The Morgan fingerprint density at radius 2 is 1.67 bits per heavy atom. The molecule has 1 fully saturated rings. The molecule has 0 aliphatic carbocycles. The fraction of sp³-hybridized carbons (Fsp3) is 0.333. The van der Waals surface area contributed by atoms with Gasteiger partial charge in [-0.25, -0.2) is 28.7 Å². The van der Waals surface area contributed by atoms with E-state index < -0.39 is 11.6 Å². The molecule has 0 saturated carbocycles. The number of benzene rings is 2. The van der Waals surface area contributed by atoms with Crippen molar-refractivity contribution < 1.29 is 13.9 Å². The van der Waals surface area contributed by atoms with Gasteiger partial charge in [-0.05, 0) is 87.4 Å². The molecule has 3 aromatic heterocycles. The van der Waals surface area contributed by atoms with E-state index in [2.05, 4.69) is 42.3 Å². The third-order valence-corrected chi connectivity index (χ3v) is 8.15. The second kappa shape index (κ2) is 12.0. The molecule has 1 saturated heterocycles. The monoisotopic (exact) mass is 583 g/mol. The van der Waals surface area contributed by atoms with Gasteiger partial charge in [-0.15, -0.1) is 0 Å². The van der Waals surface area contributed by atoms with Crippen LogP contribution in [0.4, 0.5) is 26.2 Å². The second-order valence-corrected chi connectivity index (χ2v) is 11.5. The van der Waals surface area contributed by atoms with E-state index in [0.717, 1.165) is 49.7 Å². The number of aliphatic hydroxyl groups is 1. The van der Waals surface area contributed by atoms with Crippen LogP contribution >= 0.6 is 0 Å². The predicted octanol–water partition coefficient (Wildman–Crippen LogP) is 6.75. The summed E-state index contributed by atoms with van der Waals surface area (Å²) < 4.78 is 31.8. The average molecular weight is 584 g/mol. The summed E-state index contributed by atoms with van der Waals surface area (Å²) in [5.74, 6) is 0.805. The Balaban J connectivity index is 1.12. The summed E-state index contributed by atoms with van der Waals surface area (Å²) in [5, 5.41) is 12.3. The molecule has 6 rings (SSSR count). The number of hydrogen-bond donors (Lipinski definition) is 2. The minimum absolute atomic E-state index is 0.000221. The van der Waals surface area contributed by atoms with Gasteiger partial charge in [0.05, 0.1) is 18.3 Å². The molecule has 4 heterocycles. The first-order valence-corrected chi connectivity index (χ1v) is 14.7. The molecule has 0 amide bonds. The lowest BCUT2D eigenvalue weighted by Crippen LogP contribution is -2.34. The first kappa shape index (κ1) is 28.7. The maximum absolute atomic E-state index is 15.0. The molecule has 0 unspecified atom stereocenters. The third-order valence-electron chi connectivity index (χ3n) is 8.15. The SMILES string of the molecule is Cc1nc2c(F)cc(-c3nc(Nc4ccc(CC5CCN(c6ccc(CO)cc6)CC5)cn4)ncc3F)cc2n1C(C)C. The van der Waals surface area contributed by atoms with Gasteiger partial charge >= 0.3 is 0 Å². The van der Waals surface area contributed by atoms with Gasteiger partial charge in [0, 0.05) is 36.6 Å². The first-order chi connectivity index (χ1) is 20.8. The van der Waals surface area contributed by atoms with Gasteiger partial charge in [-0.1, -0.05) is 18.2 Å². The van der Waals surface area contributed by atoms with Crippen LogP contribution in [0.5, 0.6) is 0 Å². The molecule has 1 aliphatic heterocycles. The summed E-state index contributed by atoms with van der Waals surface area (Å²) in [6.07, 6.45) is 6.07. The largest absolute Gasteiger partial charge is 0.392 e. The number of nitrogens with zero attached hydrogens (tertiary/aromatic N) is 6. The number of anilines is 3. The van der Waals surface area contributed by atoms with Gasteiger partial charge in [-0.3, -0.25) is 0 Å². The van der Waals surface area contributed by atoms with Crippen molar-refractivity contribution >= 4 is 28.5 Å². The molecular formula is C33H35F2N7O. The minimum atomic E-state index is -0.645. The van der Waals surface area contributed by atoms with Gasteiger partial charge in [0.2, 0.25) is 5.95 Å². The highest BCUT2D eigenvalue weighted by atomic mass is 19.1. The van der Waals surface area contributed by atoms with E-state index in [1.165, 1.54) is 11.8 Å². The number of nitrogens with one attached hydrogen (secondary N) is 1. The van der Waals surface area contributed by atoms with Gasteiger partial charge in [0.25, 0.3) is 0 Å². The Bertz CT molecular complexity index is 1730. The van der Waals surface area contributed by atoms with E-state index in [1.54, 1.807) is 6.07 Å². The summed E-state index contributed by atoms with van der Waals surface area (Å²) in [5.41, 5.74) is 4.43. The molecule has 0 bridgehead atoms. The molecule has 0 spiro atoms. The predicted molar refractivity (Wildman–Crippen MR) is 164 cm³/mol. The highest BCUT2D eigenvalue weighted by Gasteiger charge is 2.21. The van der Waals surface area contributed by atoms with E-state index >= 15 is 4.39 Å². The normalized spacial score (nSPS) is 14.2. The van der Waals surface area contributed by atoms with Gasteiger partial charge < -0.3 is 19.9 Å². The summed E-state index contributed by atoms with van der Waals surface area (Å²) in [6, 6.07) is 15.1. The van der Waals surface area contributed by atoms with Crippen LogP contribution in [-0.4, -0.2) is 42.7 Å². The molecule has 2 N–H and O–H groups in total. The fourth-order valence-corrected chi connectivity index (χ4v) is 5.96. The van der Waals surface area contributed by atoms with Gasteiger partial charge in [-0.2, -0.15) is 0 Å². The van der Waals surface area contributed by atoms with Crippen LogP contribution in [-0.2, 0) is 13.0 Å². The maximum atomic E-state index is 15.0. The van der Waals surface area contributed by atoms with Crippen molar-refractivity contribution in [1.82, 2.24) is 24.5 Å². The lowest BCUT2D eigenvalue weighted by molar-refractivity contribution is 0.282. The number of piperidine rings is 1. The molecule has 0 atom stereocenters. The van der Waals surface area contributed by atoms with Crippen LogP contribution in [0.2, 0.25) is 0 Å². The third kappa shape index (κ3) is 6.06. The molecule has 5 aromatic rings. The van der Waals surface area contributed by atoms with E-state index in [0.29, 0.717) is 28.6 Å². The summed E-state index contributed by atoms with van der Waals surface area (Å²) in [4.78, 5) is 19.8. The van der Waals surface area contributed by atoms with Crippen LogP contribution in [0.15, 0.2) is 60.9 Å². The number of aromatic nitrogens is 5. The van der Waals surface area contributed by atoms with Gasteiger partial charge in [0.15, 0.2) is 11.6 Å². The Hall–Kier alpha value is -4.44. The standard InChI is InChI=1S/C33H35F2N7O/c1-20(2)42-21(3)38-32-27(34)15-25(16-29(32)42)31-28(35)18-37-33(40-31)39-30-9-6-24(17-36-30)14-22-10-12-41(13-11-22)26-7-4-23(19-43)5-8-26/h4-9,15-18,20,22,43H,10-14,19H2,1-3H3,(H,36,37,39,40). The topological polar surface area (TPSA) is 92.0 Å². The van der Waals surface area contributed by atoms with Crippen molar-refractivity contribution in [3.05, 3.63) is 89.5 Å². The molecule has 43 heavy (non-hydrogen) atoms. The van der Waals surface area contributed by atoms with Crippen LogP contribution in [0, 0.1) is 24.5 Å². The van der Waals surface area contributed by atoms with E-state index in [1.807, 2.05) is 55.8 Å². The van der Waals surface area contributed by atoms with E-state index in [9.17, 15) is 9.50 Å². The van der Waals surface area contributed by atoms with Crippen molar-refractivity contribution in [2.24, 2.45) is 5.92 Å². The molecule has 8 nitrogen and oxygen atoms in total. The molecule has 0 radical (unpaired) electrons. The summed E-state index contributed by atoms with van der Waals surface area (Å²) in [7, 11) is 0. The van der Waals surface area contributed by atoms with Crippen molar-refractivity contribution in [3.8, 4) is 11.3 Å². The molecular weight excluding hydrogens is 548 g/mol. The van der Waals surface area contributed by atoms with Crippen molar-refractivity contribution in [3.63, 3.8) is 0 Å². The summed E-state index contributed by atoms with van der Waals surface area (Å²) in [6.45, 7) is 7.87. The zero-order chi connectivity index (χ0) is 30.1. The number of halogens is 2. The molecule has 1 aliphatic rings. The van der Waals surface area contributed by atoms with E-state index in [-0.39, 0.29) is 29.8 Å². The Kier molecular flexibility index (Phi) is 8.03. The van der Waals surface area contributed by atoms with Gasteiger partial charge in [0.1, 0.15) is 22.9 Å². The molecule has 222 valence electrons. The lowest BCUT2D eigenvalue weighted by Gasteiger charge is -2.33. The van der Waals surface area contributed by atoms with Crippen LogP contribution in [0.3, 0.4) is 0 Å². The Morgan fingerprint density at radius 1 is 0.930 bits per heavy atom. The van der Waals surface area contributed by atoms with Crippen molar-refractivity contribution in [1.29, 1.82) is 0 Å².